The van der Waals surface area contributed by atoms with Gasteiger partial charge in [-0.15, -0.1) is 0 Å². The zero-order chi connectivity index (χ0) is 12.2. The van der Waals surface area contributed by atoms with Crippen LogP contribution < -0.4 is 5.32 Å². The third kappa shape index (κ3) is 4.06. The van der Waals surface area contributed by atoms with Crippen molar-refractivity contribution in [2.75, 3.05) is 7.05 Å². The molecule has 1 atom stereocenters. The first-order chi connectivity index (χ1) is 7.44. The van der Waals surface area contributed by atoms with Crippen LogP contribution in [0, 0.1) is 0 Å². The third-order valence-electron chi connectivity index (χ3n) is 2.32. The number of alkyl halides is 3. The maximum atomic E-state index is 12.0. The van der Waals surface area contributed by atoms with Crippen LogP contribution in [-0.2, 0) is 0 Å². The highest BCUT2D eigenvalue weighted by atomic mass is 35.5. The Hall–Kier alpha value is -0.680. The Morgan fingerprint density at radius 1 is 1.50 bits per heavy atom. The van der Waals surface area contributed by atoms with E-state index >= 15 is 0 Å². The molecule has 0 bridgehead atoms. The summed E-state index contributed by atoms with van der Waals surface area (Å²) >= 11 is 5.75. The van der Waals surface area contributed by atoms with Gasteiger partial charge in [-0.25, -0.2) is 0 Å². The molecule has 1 N–H and O–H groups in total. The molecule has 0 saturated heterocycles. The molecule has 0 aliphatic rings. The highest BCUT2D eigenvalue weighted by Gasteiger charge is 2.27. The van der Waals surface area contributed by atoms with Crippen LogP contribution in [-0.4, -0.2) is 13.2 Å². The lowest BCUT2D eigenvalue weighted by molar-refractivity contribution is -0.135. The summed E-state index contributed by atoms with van der Waals surface area (Å²) in [4.78, 5) is 0. The highest BCUT2D eigenvalue weighted by Crippen LogP contribution is 2.29. The molecule has 0 radical (unpaired) electrons. The number of hydrogen-bond donors (Lipinski definition) is 1. The molecule has 0 aliphatic carbocycles. The zero-order valence-electron chi connectivity index (χ0n) is 8.77. The maximum Gasteiger partial charge on any atom is 0.389 e. The number of halogens is 4. The molecular weight excluding hydrogens is 243 g/mol. The van der Waals surface area contributed by atoms with Gasteiger partial charge in [-0.05, 0) is 37.6 Å². The van der Waals surface area contributed by atoms with Gasteiger partial charge in [0.1, 0.15) is 0 Å². The predicted octanol–water partition coefficient (Wildman–Crippen LogP) is 3.93. The molecule has 92 valence electrons. The van der Waals surface area contributed by atoms with Crippen LogP contribution in [0.15, 0.2) is 16.7 Å². The normalized spacial score (nSPS) is 14.1. The molecule has 1 aromatic rings. The van der Waals surface area contributed by atoms with Gasteiger partial charge in [0.25, 0.3) is 0 Å². The third-order valence-corrected chi connectivity index (χ3v) is 2.63. The van der Waals surface area contributed by atoms with E-state index in [2.05, 4.69) is 5.32 Å². The molecule has 0 saturated carbocycles. The zero-order valence-corrected chi connectivity index (χ0v) is 9.53. The summed E-state index contributed by atoms with van der Waals surface area (Å²) < 4.78 is 40.8. The van der Waals surface area contributed by atoms with Gasteiger partial charge in [-0.1, -0.05) is 0 Å². The fourth-order valence-electron chi connectivity index (χ4n) is 1.52. The topological polar surface area (TPSA) is 25.2 Å². The van der Waals surface area contributed by atoms with E-state index in [1.165, 1.54) is 6.26 Å². The van der Waals surface area contributed by atoms with Gasteiger partial charge in [0, 0.05) is 18.0 Å². The first-order valence-electron chi connectivity index (χ1n) is 4.91. The first-order valence-corrected chi connectivity index (χ1v) is 5.28. The van der Waals surface area contributed by atoms with Crippen molar-refractivity contribution in [2.45, 2.75) is 31.5 Å². The molecule has 0 fully saturated rings. The van der Waals surface area contributed by atoms with Crippen LogP contribution in [0.2, 0.25) is 5.22 Å². The monoisotopic (exact) mass is 255 g/mol. The second-order valence-electron chi connectivity index (χ2n) is 3.50. The standard InChI is InChI=1S/C10H13ClF3NO/c1-15-8(3-2-5-10(12,13)14)7-4-6-16-9(7)11/h4,6,8,15H,2-3,5H2,1H3. The molecule has 0 spiro atoms. The van der Waals surface area contributed by atoms with Gasteiger partial charge in [-0.2, -0.15) is 13.2 Å². The molecule has 16 heavy (non-hydrogen) atoms. The number of rotatable bonds is 5. The van der Waals surface area contributed by atoms with Crippen molar-refractivity contribution in [3.63, 3.8) is 0 Å². The van der Waals surface area contributed by atoms with Crippen molar-refractivity contribution in [1.82, 2.24) is 5.32 Å². The van der Waals surface area contributed by atoms with Gasteiger partial charge in [-0.3, -0.25) is 0 Å². The molecule has 2 nitrogen and oxygen atoms in total. The van der Waals surface area contributed by atoms with Crippen molar-refractivity contribution >= 4 is 11.6 Å². The fraction of sp³-hybridized carbons (Fsp3) is 0.600. The van der Waals surface area contributed by atoms with E-state index in [9.17, 15) is 13.2 Å². The van der Waals surface area contributed by atoms with Gasteiger partial charge in [0.15, 0.2) is 5.22 Å². The smallest absolute Gasteiger partial charge is 0.389 e. The van der Waals surface area contributed by atoms with Gasteiger partial charge >= 0.3 is 6.18 Å². The molecule has 1 rings (SSSR count). The number of nitrogens with one attached hydrogen (secondary N) is 1. The minimum Gasteiger partial charge on any atom is -0.453 e. The van der Waals surface area contributed by atoms with Gasteiger partial charge in [0.05, 0.1) is 6.26 Å². The summed E-state index contributed by atoms with van der Waals surface area (Å²) in [5, 5.41) is 3.15. The van der Waals surface area contributed by atoms with Crippen molar-refractivity contribution < 1.29 is 17.6 Å². The van der Waals surface area contributed by atoms with E-state index < -0.39 is 12.6 Å². The van der Waals surface area contributed by atoms with Crippen LogP contribution in [0.4, 0.5) is 13.2 Å². The van der Waals surface area contributed by atoms with Crippen LogP contribution in [0.1, 0.15) is 30.9 Å². The van der Waals surface area contributed by atoms with Crippen LogP contribution in [0.5, 0.6) is 0 Å². The van der Waals surface area contributed by atoms with E-state index in [4.69, 9.17) is 16.0 Å². The fourth-order valence-corrected chi connectivity index (χ4v) is 1.76. The van der Waals surface area contributed by atoms with Crippen molar-refractivity contribution in [2.24, 2.45) is 0 Å². The Balaban J connectivity index is 2.48. The van der Waals surface area contributed by atoms with Gasteiger partial charge < -0.3 is 9.73 Å². The Bertz CT molecular complexity index is 324. The van der Waals surface area contributed by atoms with Gasteiger partial charge in [0.2, 0.25) is 0 Å². The average Bonchev–Trinajstić information content (AvgIpc) is 2.58. The summed E-state index contributed by atoms with van der Waals surface area (Å²) in [5.41, 5.74) is 0.700. The molecule has 0 aliphatic heterocycles. The predicted molar refractivity (Wildman–Crippen MR) is 55.4 cm³/mol. The Kier molecular flexibility index (Phi) is 4.68. The summed E-state index contributed by atoms with van der Waals surface area (Å²) in [6.07, 6.45) is -3.02. The Labute approximate surface area is 96.8 Å². The quantitative estimate of drug-likeness (QED) is 0.862. The summed E-state index contributed by atoms with van der Waals surface area (Å²) in [6, 6.07) is 1.46. The second-order valence-corrected chi connectivity index (χ2v) is 3.84. The second kappa shape index (κ2) is 5.59. The number of hydrogen-bond acceptors (Lipinski definition) is 2. The van der Waals surface area contributed by atoms with E-state index in [-0.39, 0.29) is 17.7 Å². The minimum absolute atomic E-state index is 0.0660. The molecular formula is C10H13ClF3NO. The highest BCUT2D eigenvalue weighted by molar-refractivity contribution is 6.29. The van der Waals surface area contributed by atoms with Crippen molar-refractivity contribution in [3.05, 3.63) is 23.1 Å². The lowest BCUT2D eigenvalue weighted by Gasteiger charge is -2.15. The number of furan rings is 1. The van der Waals surface area contributed by atoms with Crippen LogP contribution in [0.3, 0.4) is 0 Å². The van der Waals surface area contributed by atoms with Crippen LogP contribution in [0.25, 0.3) is 0 Å². The molecule has 0 amide bonds. The molecule has 1 heterocycles. The maximum absolute atomic E-state index is 12.0. The summed E-state index contributed by atoms with van der Waals surface area (Å²) in [7, 11) is 1.68. The lowest BCUT2D eigenvalue weighted by atomic mass is 10.0. The van der Waals surface area contributed by atoms with E-state index in [0.29, 0.717) is 12.0 Å². The van der Waals surface area contributed by atoms with Crippen LogP contribution >= 0.6 is 11.6 Å². The molecule has 6 heteroatoms. The average molecular weight is 256 g/mol. The molecule has 1 aromatic heterocycles. The molecule has 1 unspecified atom stereocenters. The van der Waals surface area contributed by atoms with Crippen molar-refractivity contribution in [1.29, 1.82) is 0 Å². The van der Waals surface area contributed by atoms with E-state index in [0.717, 1.165) is 0 Å². The van der Waals surface area contributed by atoms with Crippen molar-refractivity contribution in [3.8, 4) is 0 Å². The summed E-state index contributed by atoms with van der Waals surface area (Å²) in [5.74, 6) is 0. The Morgan fingerprint density at radius 2 is 2.19 bits per heavy atom. The van der Waals surface area contributed by atoms with E-state index in [1.54, 1.807) is 13.1 Å². The SMILES string of the molecule is CNC(CCCC(F)(F)F)c1ccoc1Cl. The van der Waals surface area contributed by atoms with E-state index in [1.807, 2.05) is 0 Å². The minimum atomic E-state index is -4.10. The Morgan fingerprint density at radius 3 is 2.62 bits per heavy atom. The molecule has 0 aromatic carbocycles. The largest absolute Gasteiger partial charge is 0.453 e. The summed E-state index contributed by atoms with van der Waals surface area (Å²) in [6.45, 7) is 0. The first kappa shape index (κ1) is 13.4. The lowest BCUT2D eigenvalue weighted by Crippen LogP contribution is -2.17.